The minimum Gasteiger partial charge on any atom is -0.462 e. The molecule has 0 aliphatic rings. The predicted molar refractivity (Wildman–Crippen MR) is 264 cm³/mol. The van der Waals surface area contributed by atoms with Crippen molar-refractivity contribution in [3.63, 3.8) is 0 Å². The molecule has 0 fully saturated rings. The van der Waals surface area contributed by atoms with E-state index in [1.807, 2.05) is 0 Å². The molecular weight excluding hydrogens is 755 g/mol. The second kappa shape index (κ2) is 49.9. The van der Waals surface area contributed by atoms with Crippen LogP contribution in [0.1, 0.15) is 316 Å². The summed E-state index contributed by atoms with van der Waals surface area (Å²) in [5.74, 6) is -0.448. The fourth-order valence-corrected chi connectivity index (χ4v) is 8.96. The monoisotopic (exact) mass is 864 g/mol. The first-order valence-corrected chi connectivity index (χ1v) is 27.8. The molecule has 1 amide bonds. The second-order valence-corrected chi connectivity index (χ2v) is 19.4. The number of unbranched alkanes of at least 4 members (excludes halogenated alkanes) is 39. The average Bonchev–Trinajstić information content (AvgIpc) is 3.25. The van der Waals surface area contributed by atoms with Crippen LogP contribution in [0.4, 0.5) is 0 Å². The Labute approximate surface area is 381 Å². The van der Waals surface area contributed by atoms with Crippen molar-refractivity contribution in [2.45, 2.75) is 334 Å². The quantitative estimate of drug-likeness (QED) is 0.0418. The number of carbonyl (C=O) groups excluding carboxylic acids is 2. The molecular formula is C55H109NO5. The second-order valence-electron chi connectivity index (χ2n) is 19.4. The molecule has 61 heavy (non-hydrogen) atoms. The number of aliphatic hydroxyl groups excluding tert-OH is 2. The van der Waals surface area contributed by atoms with Gasteiger partial charge in [0.15, 0.2) is 0 Å². The van der Waals surface area contributed by atoms with Crippen molar-refractivity contribution >= 4 is 11.9 Å². The van der Waals surface area contributed by atoms with Crippen LogP contribution in [0.3, 0.4) is 0 Å². The largest absolute Gasteiger partial charge is 0.462 e. The maximum atomic E-state index is 13.2. The van der Waals surface area contributed by atoms with Gasteiger partial charge in [-0.05, 0) is 25.7 Å². The SMILES string of the molecule is CCCCCCCCCCCCCCCCCCCC(CC(=O)NC(CO)C(O)CCCCCCCCCCCCCCC)OC(=O)CCCCCCCCCCCCCC. The maximum absolute atomic E-state index is 13.2. The Kier molecular flexibility index (Phi) is 48.9. The number of amides is 1. The number of hydrogen-bond donors (Lipinski definition) is 3. The van der Waals surface area contributed by atoms with E-state index in [9.17, 15) is 19.8 Å². The molecule has 0 aliphatic carbocycles. The number of esters is 1. The Morgan fingerprint density at radius 3 is 1.00 bits per heavy atom. The lowest BCUT2D eigenvalue weighted by atomic mass is 10.0. The minimum atomic E-state index is -0.779. The van der Waals surface area contributed by atoms with Crippen LogP contribution in [0.2, 0.25) is 0 Å². The number of carbonyl (C=O) groups is 2. The third-order valence-corrected chi connectivity index (χ3v) is 13.2. The Hall–Kier alpha value is -1.14. The molecule has 0 saturated carbocycles. The molecule has 0 aromatic heterocycles. The van der Waals surface area contributed by atoms with Crippen LogP contribution in [0.5, 0.6) is 0 Å². The zero-order chi connectivity index (χ0) is 44.5. The van der Waals surface area contributed by atoms with Crippen LogP contribution >= 0.6 is 0 Å². The standard InChI is InChI=1S/C55H109NO5/c1-4-7-10-13-16-19-22-25-26-27-28-30-31-34-37-40-43-46-51(61-55(60)48-45-42-39-36-33-24-21-18-15-12-9-6-3)49-54(59)56-52(50-57)53(58)47-44-41-38-35-32-29-23-20-17-14-11-8-5-2/h51-53,57-58H,4-50H2,1-3H3,(H,56,59). The molecule has 3 unspecified atom stereocenters. The topological polar surface area (TPSA) is 95.9 Å². The van der Waals surface area contributed by atoms with E-state index in [4.69, 9.17) is 4.74 Å². The highest BCUT2D eigenvalue weighted by Crippen LogP contribution is 2.19. The molecule has 6 heteroatoms. The number of rotatable bonds is 51. The summed E-state index contributed by atoms with van der Waals surface area (Å²) in [6.07, 6.45) is 54.5. The van der Waals surface area contributed by atoms with Crippen molar-refractivity contribution in [2.75, 3.05) is 6.61 Å². The lowest BCUT2D eigenvalue weighted by molar-refractivity contribution is -0.151. The van der Waals surface area contributed by atoms with Gasteiger partial charge in [0.2, 0.25) is 5.91 Å². The van der Waals surface area contributed by atoms with Crippen LogP contribution < -0.4 is 5.32 Å². The molecule has 0 heterocycles. The average molecular weight is 864 g/mol. The fourth-order valence-electron chi connectivity index (χ4n) is 8.96. The lowest BCUT2D eigenvalue weighted by Crippen LogP contribution is -2.46. The zero-order valence-electron chi connectivity index (χ0n) is 41.6. The van der Waals surface area contributed by atoms with E-state index in [0.717, 1.165) is 38.5 Å². The van der Waals surface area contributed by atoms with Gasteiger partial charge < -0.3 is 20.3 Å². The van der Waals surface area contributed by atoms with Gasteiger partial charge in [-0.15, -0.1) is 0 Å². The van der Waals surface area contributed by atoms with Gasteiger partial charge >= 0.3 is 5.97 Å². The third-order valence-electron chi connectivity index (χ3n) is 13.2. The summed E-state index contributed by atoms with van der Waals surface area (Å²) in [4.78, 5) is 26.2. The Morgan fingerprint density at radius 1 is 0.410 bits per heavy atom. The molecule has 364 valence electrons. The van der Waals surface area contributed by atoms with Crippen LogP contribution in [-0.4, -0.2) is 46.9 Å². The normalized spacial score (nSPS) is 13.1. The summed E-state index contributed by atoms with van der Waals surface area (Å²) in [6.45, 7) is 6.52. The van der Waals surface area contributed by atoms with Crippen LogP contribution in [-0.2, 0) is 14.3 Å². The molecule has 0 spiro atoms. The van der Waals surface area contributed by atoms with Gasteiger partial charge in [-0.1, -0.05) is 278 Å². The summed E-state index contributed by atoms with van der Waals surface area (Å²) in [6, 6.07) is -0.692. The smallest absolute Gasteiger partial charge is 0.306 e. The number of ether oxygens (including phenoxy) is 1. The molecule has 0 aliphatic heterocycles. The summed E-state index contributed by atoms with van der Waals surface area (Å²) in [7, 11) is 0. The van der Waals surface area contributed by atoms with Crippen LogP contribution in [0.15, 0.2) is 0 Å². The fraction of sp³-hybridized carbons (Fsp3) is 0.964. The molecule has 0 saturated heterocycles. The lowest BCUT2D eigenvalue weighted by Gasteiger charge is -2.24. The van der Waals surface area contributed by atoms with E-state index in [1.54, 1.807) is 0 Å². The molecule has 6 nitrogen and oxygen atoms in total. The van der Waals surface area contributed by atoms with Gasteiger partial charge in [-0.25, -0.2) is 0 Å². The van der Waals surface area contributed by atoms with E-state index < -0.39 is 18.2 Å². The number of aliphatic hydroxyl groups is 2. The van der Waals surface area contributed by atoms with Crippen LogP contribution in [0.25, 0.3) is 0 Å². The van der Waals surface area contributed by atoms with E-state index in [2.05, 4.69) is 26.1 Å². The third kappa shape index (κ3) is 45.2. The Morgan fingerprint density at radius 2 is 0.689 bits per heavy atom. The highest BCUT2D eigenvalue weighted by atomic mass is 16.5. The van der Waals surface area contributed by atoms with Crippen molar-refractivity contribution in [3.05, 3.63) is 0 Å². The number of hydrogen-bond acceptors (Lipinski definition) is 5. The Balaban J connectivity index is 4.49. The molecule has 0 rings (SSSR count). The van der Waals surface area contributed by atoms with Gasteiger partial charge in [0.05, 0.1) is 25.2 Å². The van der Waals surface area contributed by atoms with Crippen molar-refractivity contribution in [3.8, 4) is 0 Å². The molecule has 0 aromatic rings. The molecule has 3 N–H and O–H groups in total. The zero-order valence-corrected chi connectivity index (χ0v) is 41.6. The highest BCUT2D eigenvalue weighted by molar-refractivity contribution is 5.77. The summed E-state index contributed by atoms with van der Waals surface area (Å²) < 4.78 is 5.95. The maximum Gasteiger partial charge on any atom is 0.306 e. The van der Waals surface area contributed by atoms with Gasteiger partial charge in [-0.3, -0.25) is 9.59 Å². The van der Waals surface area contributed by atoms with Crippen molar-refractivity contribution in [1.82, 2.24) is 5.32 Å². The van der Waals surface area contributed by atoms with Crippen molar-refractivity contribution < 1.29 is 24.5 Å². The number of nitrogens with one attached hydrogen (secondary N) is 1. The summed E-state index contributed by atoms with van der Waals surface area (Å²) in [5, 5.41) is 23.8. The van der Waals surface area contributed by atoms with Crippen molar-refractivity contribution in [1.29, 1.82) is 0 Å². The van der Waals surface area contributed by atoms with Gasteiger partial charge in [0.1, 0.15) is 6.10 Å². The first-order valence-electron chi connectivity index (χ1n) is 27.8. The first kappa shape index (κ1) is 59.9. The van der Waals surface area contributed by atoms with Gasteiger partial charge in [-0.2, -0.15) is 0 Å². The van der Waals surface area contributed by atoms with Gasteiger partial charge in [0.25, 0.3) is 0 Å². The minimum absolute atomic E-state index is 0.0883. The van der Waals surface area contributed by atoms with Crippen LogP contribution in [0, 0.1) is 0 Å². The van der Waals surface area contributed by atoms with E-state index in [1.165, 1.54) is 231 Å². The van der Waals surface area contributed by atoms with Gasteiger partial charge in [0, 0.05) is 6.42 Å². The molecule has 0 radical (unpaired) electrons. The molecule has 0 aromatic carbocycles. The van der Waals surface area contributed by atoms with Crippen molar-refractivity contribution in [2.24, 2.45) is 0 Å². The van der Waals surface area contributed by atoms with E-state index in [-0.39, 0.29) is 24.9 Å². The van der Waals surface area contributed by atoms with E-state index >= 15 is 0 Å². The highest BCUT2D eigenvalue weighted by Gasteiger charge is 2.24. The Bertz CT molecular complexity index is 882. The predicted octanol–water partition coefficient (Wildman–Crippen LogP) is 16.7. The molecule has 3 atom stereocenters. The molecule has 0 bridgehead atoms. The summed E-state index contributed by atoms with van der Waals surface area (Å²) >= 11 is 0. The first-order chi connectivity index (χ1) is 30.0. The van der Waals surface area contributed by atoms with E-state index in [0.29, 0.717) is 19.3 Å². The summed E-state index contributed by atoms with van der Waals surface area (Å²) in [5.41, 5.74) is 0.